The fourth-order valence-electron chi connectivity index (χ4n) is 7.40. The quantitative estimate of drug-likeness (QED) is 0.220. The number of hydrogen-bond donors (Lipinski definition) is 1. The second-order valence-corrected chi connectivity index (χ2v) is 12.3. The molecule has 4 atom stereocenters. The van der Waals surface area contributed by atoms with E-state index < -0.39 is 0 Å². The Morgan fingerprint density at radius 2 is 1.91 bits per heavy atom. The van der Waals surface area contributed by atoms with Crippen LogP contribution in [0.4, 0.5) is 0 Å². The molecule has 0 aromatic heterocycles. The third-order valence-electron chi connectivity index (χ3n) is 9.36. The number of carbonyl (C=O) groups is 1. The van der Waals surface area contributed by atoms with Crippen LogP contribution in [0.1, 0.15) is 105 Å². The van der Waals surface area contributed by atoms with E-state index in [1.165, 1.54) is 57.2 Å². The van der Waals surface area contributed by atoms with E-state index in [2.05, 4.69) is 38.7 Å². The highest BCUT2D eigenvalue weighted by molar-refractivity contribution is 5.69. The summed E-state index contributed by atoms with van der Waals surface area (Å²) in [5, 5.41) is 10.1. The van der Waals surface area contributed by atoms with Crippen LogP contribution in [0.3, 0.4) is 0 Å². The van der Waals surface area contributed by atoms with Crippen molar-refractivity contribution in [3.8, 4) is 0 Å². The van der Waals surface area contributed by atoms with Gasteiger partial charge in [0, 0.05) is 6.42 Å². The highest BCUT2D eigenvalue weighted by Gasteiger charge is 2.52. The predicted molar refractivity (Wildman–Crippen MR) is 136 cm³/mol. The molecule has 0 aromatic rings. The van der Waals surface area contributed by atoms with Crippen LogP contribution >= 0.6 is 0 Å². The van der Waals surface area contributed by atoms with Gasteiger partial charge in [-0.15, -0.1) is 0 Å². The first-order valence-electron chi connectivity index (χ1n) is 13.9. The number of unbranched alkanes of at least 4 members (excludes halogenated alkanes) is 1. The van der Waals surface area contributed by atoms with Crippen molar-refractivity contribution in [3.63, 3.8) is 0 Å². The Labute approximate surface area is 203 Å². The van der Waals surface area contributed by atoms with Gasteiger partial charge >= 0.3 is 5.97 Å². The summed E-state index contributed by atoms with van der Waals surface area (Å²) in [7, 11) is 0. The van der Waals surface area contributed by atoms with Crippen molar-refractivity contribution in [2.24, 2.45) is 28.6 Å². The first-order chi connectivity index (χ1) is 15.8. The molecule has 1 aliphatic heterocycles. The predicted octanol–water partition coefficient (Wildman–Crippen LogP) is 6.37. The number of hydrogen-bond acceptors (Lipinski definition) is 4. The third-order valence-corrected chi connectivity index (χ3v) is 9.36. The topological polar surface area (TPSA) is 49.8 Å². The van der Waals surface area contributed by atoms with E-state index in [9.17, 15) is 9.90 Å². The number of fused-ring (bicyclic) bond motifs is 1. The fraction of sp³-hybridized carbons (Fsp3) is 0.897. The molecule has 1 N–H and O–H groups in total. The summed E-state index contributed by atoms with van der Waals surface area (Å²) in [5.74, 6) is 1.41. The first kappa shape index (κ1) is 26.7. The Morgan fingerprint density at radius 3 is 2.64 bits per heavy atom. The van der Waals surface area contributed by atoms with E-state index in [4.69, 9.17) is 4.74 Å². The maximum absolute atomic E-state index is 12.4. The lowest BCUT2D eigenvalue weighted by atomic mass is 9.48. The monoisotopic (exact) mass is 461 g/mol. The lowest BCUT2D eigenvalue weighted by Gasteiger charge is -2.57. The molecule has 0 aromatic carbocycles. The molecule has 0 amide bonds. The standard InChI is InChI=1S/C29H51NO3/c1-23(21-27(32)33-20-9-8-19-30-17-6-5-7-18-30)11-13-25-24(22-31)12-14-26-28(2,3)15-10-16-29(25,26)4/h12,23,25-26,31H,5-11,13-22H2,1-4H3/t23-,25-,26-,29+/m0/s1. The summed E-state index contributed by atoms with van der Waals surface area (Å²) in [6.45, 7) is 13.9. The van der Waals surface area contributed by atoms with Gasteiger partial charge in [0.15, 0.2) is 0 Å². The summed E-state index contributed by atoms with van der Waals surface area (Å²) < 4.78 is 5.56. The smallest absolute Gasteiger partial charge is 0.306 e. The molecule has 2 aliphatic carbocycles. The maximum Gasteiger partial charge on any atom is 0.306 e. The summed E-state index contributed by atoms with van der Waals surface area (Å²) in [6, 6.07) is 0. The molecule has 4 nitrogen and oxygen atoms in total. The normalized spacial score (nSPS) is 30.9. The Kier molecular flexibility index (Phi) is 9.88. The molecule has 3 aliphatic rings. The molecular formula is C29H51NO3. The minimum absolute atomic E-state index is 0.0371. The number of allylic oxidation sites excluding steroid dienone is 1. The van der Waals surface area contributed by atoms with Gasteiger partial charge in [0.05, 0.1) is 13.2 Å². The molecular weight excluding hydrogens is 410 g/mol. The van der Waals surface area contributed by atoms with Crippen LogP contribution in [0.5, 0.6) is 0 Å². The molecule has 33 heavy (non-hydrogen) atoms. The summed E-state index contributed by atoms with van der Waals surface area (Å²) in [5.41, 5.74) is 1.88. The van der Waals surface area contributed by atoms with Crippen molar-refractivity contribution in [1.29, 1.82) is 0 Å². The molecule has 1 saturated heterocycles. The fourth-order valence-corrected chi connectivity index (χ4v) is 7.40. The van der Waals surface area contributed by atoms with E-state index in [0.29, 0.717) is 36.2 Å². The lowest BCUT2D eigenvalue weighted by molar-refractivity contribution is -0.144. The van der Waals surface area contributed by atoms with E-state index in [-0.39, 0.29) is 18.0 Å². The van der Waals surface area contributed by atoms with Crippen LogP contribution in [-0.4, -0.2) is 48.8 Å². The van der Waals surface area contributed by atoms with Crippen molar-refractivity contribution in [3.05, 3.63) is 11.6 Å². The second-order valence-electron chi connectivity index (χ2n) is 12.3. The highest BCUT2D eigenvalue weighted by Crippen LogP contribution is 2.60. The van der Waals surface area contributed by atoms with Crippen molar-refractivity contribution >= 4 is 5.97 Å². The average molecular weight is 462 g/mol. The number of aliphatic hydroxyl groups excluding tert-OH is 1. The average Bonchev–Trinajstić information content (AvgIpc) is 2.77. The molecule has 1 heterocycles. The van der Waals surface area contributed by atoms with Gasteiger partial charge < -0.3 is 14.7 Å². The number of carbonyl (C=O) groups excluding carboxylic acids is 1. The van der Waals surface area contributed by atoms with Crippen molar-refractivity contribution in [2.75, 3.05) is 32.8 Å². The van der Waals surface area contributed by atoms with E-state index in [1.807, 2.05) is 0 Å². The molecule has 4 heteroatoms. The number of esters is 1. The van der Waals surface area contributed by atoms with Gasteiger partial charge in [0.2, 0.25) is 0 Å². The summed E-state index contributed by atoms with van der Waals surface area (Å²) in [6.07, 6.45) is 16.0. The van der Waals surface area contributed by atoms with Crippen LogP contribution in [0.2, 0.25) is 0 Å². The van der Waals surface area contributed by atoms with Crippen LogP contribution in [-0.2, 0) is 9.53 Å². The van der Waals surface area contributed by atoms with Crippen molar-refractivity contribution in [1.82, 2.24) is 4.90 Å². The number of nitrogens with zero attached hydrogens (tertiary/aromatic N) is 1. The Hall–Kier alpha value is -0.870. The SMILES string of the molecule is C[C@@H](CC[C@H]1C(CO)=CC[C@H]2C(C)(C)CCC[C@]12C)CC(=O)OCCCCN1CCCCC1. The Bertz CT molecular complexity index is 651. The number of ether oxygens (including phenoxy) is 1. The van der Waals surface area contributed by atoms with Gasteiger partial charge in [-0.05, 0) is 112 Å². The van der Waals surface area contributed by atoms with Gasteiger partial charge in [-0.25, -0.2) is 0 Å². The largest absolute Gasteiger partial charge is 0.466 e. The molecule has 0 unspecified atom stereocenters. The number of likely N-dealkylation sites (tertiary alicyclic amines) is 1. The second kappa shape index (κ2) is 12.2. The molecule has 2 fully saturated rings. The number of piperidine rings is 1. The molecule has 190 valence electrons. The zero-order valence-corrected chi connectivity index (χ0v) is 22.0. The third kappa shape index (κ3) is 7.07. The summed E-state index contributed by atoms with van der Waals surface area (Å²) >= 11 is 0. The van der Waals surface area contributed by atoms with Crippen LogP contribution < -0.4 is 0 Å². The lowest BCUT2D eigenvalue weighted by Crippen LogP contribution is -2.49. The maximum atomic E-state index is 12.4. The molecule has 1 saturated carbocycles. The van der Waals surface area contributed by atoms with Crippen LogP contribution in [0.15, 0.2) is 11.6 Å². The van der Waals surface area contributed by atoms with E-state index >= 15 is 0 Å². The van der Waals surface area contributed by atoms with E-state index in [1.54, 1.807) is 0 Å². The van der Waals surface area contributed by atoms with Gasteiger partial charge in [-0.2, -0.15) is 0 Å². The number of rotatable bonds is 11. The minimum Gasteiger partial charge on any atom is -0.466 e. The molecule has 0 bridgehead atoms. The summed E-state index contributed by atoms with van der Waals surface area (Å²) in [4.78, 5) is 14.9. The van der Waals surface area contributed by atoms with Gasteiger partial charge in [-0.1, -0.05) is 46.6 Å². The molecule has 0 spiro atoms. The van der Waals surface area contributed by atoms with Gasteiger partial charge in [-0.3, -0.25) is 4.79 Å². The minimum atomic E-state index is -0.0371. The number of aliphatic hydroxyl groups is 1. The molecule has 0 radical (unpaired) electrons. The van der Waals surface area contributed by atoms with E-state index in [0.717, 1.165) is 38.6 Å². The first-order valence-corrected chi connectivity index (χ1v) is 13.9. The zero-order valence-electron chi connectivity index (χ0n) is 22.0. The van der Waals surface area contributed by atoms with Crippen LogP contribution in [0.25, 0.3) is 0 Å². The van der Waals surface area contributed by atoms with Crippen LogP contribution in [0, 0.1) is 28.6 Å². The highest BCUT2D eigenvalue weighted by atomic mass is 16.5. The van der Waals surface area contributed by atoms with Gasteiger partial charge in [0.25, 0.3) is 0 Å². The van der Waals surface area contributed by atoms with Gasteiger partial charge in [0.1, 0.15) is 0 Å². The Morgan fingerprint density at radius 1 is 1.15 bits per heavy atom. The van der Waals surface area contributed by atoms with Crippen molar-refractivity contribution < 1.29 is 14.6 Å². The Balaban J connectivity index is 1.40. The molecule has 3 rings (SSSR count). The zero-order chi connectivity index (χ0) is 23.9. The van der Waals surface area contributed by atoms with Crippen molar-refractivity contribution in [2.45, 2.75) is 105 Å².